The van der Waals surface area contributed by atoms with E-state index in [2.05, 4.69) is 129 Å². The SMILES string of the molecule is [2H]C([2H])([2H])NC(=O)c1nnc(NC(=O)C2CC2)cc1Nc1cccc(-c2cn(C)nn2)c1C.[2H]C([2H])([2H])NC(=O)c1nnc(NC(=O)C2CC2)cc1Nc1cccc(-c2n[nH]c(C)n2)c1C.[2H]C([2H])([2H])NC(=O)c1nnc(NC(=O)C2CC2)cc1Nc1cccc(-c2ncn(C)n2)c1C.[2H]C([2H])([2H])NC(=O)c1nnc(NC(=O)C2CC2)cc1Nc1cccc(-c2ncnn2C)c1C. The standard InChI is InChI=1S/4C20H22N8O2/c1-11-13(16-10-28(3)27-24-16)5-4-6-14(11)22-15-9-17(23-19(29)12-7-8-12)25-26-18(15)20(30)21-2;1-11-13(18-22-10-28(3)27-18)5-4-6-14(11)23-15-9-16(24-19(29)12-7-8-12)25-26-17(15)20(30)21-2;1-11-13(18-22-10-23-28(18)3)5-4-6-14(11)24-15-9-16(25-19(29)12-7-8-12)26-27-17(15)20(30)21-2;1-10-13(18-22-11(2)25-28-18)5-4-6-14(10)23-15-9-16(24-19(29)12-7-8-12)26-27-17(15)20(30)21-3/h4-6,9-10,12H,7-8H2,1-3H3,(H,21,30)(H2,22,23,25,29);4-6,9-10,12H,7-8H2,1-3H3,(H,21,30)(H2,23,24,25,29);4-6,9-10,12H,7-8H2,1-3H3,(H,21,30)(H2,24,25,26,29);4-6,9,12H,7-8H2,1-3H3,(H,21,30)(H,22,25,28)(H2,23,24,26,29)/i3*2D3;3D3. The molecule has 616 valence electrons. The molecule has 16 rings (SSSR count). The number of hydrogen-bond donors (Lipinski definition) is 13. The Morgan fingerprint density at radius 3 is 1.07 bits per heavy atom. The first-order chi connectivity index (χ1) is 62.4. The summed E-state index contributed by atoms with van der Waals surface area (Å²) in [4.78, 5) is 112. The molecule has 0 atom stereocenters. The molecule has 0 unspecified atom stereocenters. The molecule has 0 radical (unpaired) electrons. The zero-order valence-electron chi connectivity index (χ0n) is 77.7. The number of aromatic amines is 1. The van der Waals surface area contributed by atoms with Crippen LogP contribution in [0.3, 0.4) is 0 Å². The van der Waals surface area contributed by atoms with Crippen molar-refractivity contribution in [2.45, 2.75) is 86.0 Å². The second-order valence-electron chi connectivity index (χ2n) is 28.2. The summed E-state index contributed by atoms with van der Waals surface area (Å²) in [5, 5.41) is 85.5. The molecular weight excluding hydrogens is 1540 g/mol. The van der Waals surface area contributed by atoms with Crippen LogP contribution in [0.4, 0.5) is 68.8 Å². The van der Waals surface area contributed by atoms with Gasteiger partial charge in [-0.3, -0.25) is 52.8 Å². The van der Waals surface area contributed by atoms with Gasteiger partial charge in [0, 0.05) is 158 Å². The normalized spacial score (nSPS) is 14.9. The van der Waals surface area contributed by atoms with E-state index in [1.807, 2.05) is 85.4 Å². The molecule has 40 heteroatoms. The van der Waals surface area contributed by atoms with Crippen LogP contribution in [0.1, 0.15) is 138 Å². The minimum atomic E-state index is -2.70. The number of amides is 8. The summed E-state index contributed by atoms with van der Waals surface area (Å²) in [5.74, 6) is -1.60. The molecule has 8 aromatic heterocycles. The molecule has 0 bridgehead atoms. The highest BCUT2D eigenvalue weighted by Gasteiger charge is 2.34. The topological polar surface area (TPSA) is 518 Å². The number of aromatic nitrogens is 20. The predicted molar refractivity (Wildman–Crippen MR) is 445 cm³/mol. The molecule has 40 nitrogen and oxygen atoms in total. The maximum absolute atomic E-state index is 12.6. The van der Waals surface area contributed by atoms with E-state index in [1.54, 1.807) is 91.0 Å². The van der Waals surface area contributed by atoms with Gasteiger partial charge in [0.25, 0.3) is 23.6 Å². The van der Waals surface area contributed by atoms with Gasteiger partial charge in [-0.05, 0) is 133 Å². The Balaban J connectivity index is 0.000000150. The highest BCUT2D eigenvalue weighted by Crippen LogP contribution is 2.38. The van der Waals surface area contributed by atoms with Crippen LogP contribution in [0.5, 0.6) is 0 Å². The van der Waals surface area contributed by atoms with Crippen molar-refractivity contribution in [2.75, 3.05) is 70.4 Å². The Kier molecular flexibility index (Phi) is 20.8. The van der Waals surface area contributed by atoms with Crippen molar-refractivity contribution in [2.24, 2.45) is 44.8 Å². The first-order valence-electron chi connectivity index (χ1n) is 43.4. The van der Waals surface area contributed by atoms with Crippen LogP contribution < -0.4 is 63.8 Å². The first kappa shape index (κ1) is 68.0. The maximum Gasteiger partial charge on any atom is 0.273 e. The molecule has 8 heterocycles. The summed E-state index contributed by atoms with van der Waals surface area (Å²) in [6.45, 7) is -1.53. The van der Waals surface area contributed by atoms with Crippen molar-refractivity contribution in [3.8, 4) is 45.4 Å². The fourth-order valence-corrected chi connectivity index (χ4v) is 12.0. The highest BCUT2D eigenvalue weighted by atomic mass is 16.2. The molecule has 4 fully saturated rings. The Bertz CT molecular complexity index is 5950. The van der Waals surface area contributed by atoms with Gasteiger partial charge in [0.2, 0.25) is 23.6 Å². The average molecular weight is 1640 g/mol. The molecule has 4 aromatic carbocycles. The second-order valence-corrected chi connectivity index (χ2v) is 28.2. The number of rotatable bonds is 24. The zero-order valence-corrected chi connectivity index (χ0v) is 65.7. The number of H-pyrrole nitrogens is 1. The summed E-state index contributed by atoms with van der Waals surface area (Å²) < 4.78 is 92.6. The first-order valence-corrected chi connectivity index (χ1v) is 37.4. The van der Waals surface area contributed by atoms with Crippen LogP contribution in [0.15, 0.2) is 116 Å². The third-order valence-electron chi connectivity index (χ3n) is 19.2. The number of aryl methyl sites for hydroxylation is 4. The Labute approximate surface area is 703 Å². The van der Waals surface area contributed by atoms with Crippen molar-refractivity contribution < 1.29 is 54.8 Å². The molecule has 4 aliphatic rings. The van der Waals surface area contributed by atoms with Gasteiger partial charge in [-0.25, -0.2) is 19.6 Å². The number of nitrogens with one attached hydrogen (secondary N) is 13. The lowest BCUT2D eigenvalue weighted by Crippen LogP contribution is -2.22. The minimum absolute atomic E-state index is 0.0485. The molecule has 13 N–H and O–H groups in total. The monoisotopic (exact) mass is 1640 g/mol. The van der Waals surface area contributed by atoms with Gasteiger partial charge in [-0.1, -0.05) is 53.7 Å². The van der Waals surface area contributed by atoms with E-state index in [-0.39, 0.29) is 116 Å². The van der Waals surface area contributed by atoms with Gasteiger partial charge in [0.15, 0.2) is 63.5 Å². The molecule has 4 saturated carbocycles. The molecule has 0 spiro atoms. The van der Waals surface area contributed by atoms with Crippen molar-refractivity contribution >= 4 is 116 Å². The second kappa shape index (κ2) is 36.7. The fraction of sp³-hybridized carbons (Fsp3) is 0.300. The van der Waals surface area contributed by atoms with Crippen molar-refractivity contribution in [3.05, 3.63) is 167 Å². The smallest absolute Gasteiger partial charge is 0.273 e. The summed E-state index contributed by atoms with van der Waals surface area (Å²) in [6.07, 6.45) is 11.4. The maximum atomic E-state index is 12.6. The van der Waals surface area contributed by atoms with E-state index < -0.39 is 51.5 Å². The van der Waals surface area contributed by atoms with Crippen molar-refractivity contribution in [1.82, 2.24) is 122 Å². The van der Waals surface area contributed by atoms with E-state index in [4.69, 9.17) is 16.4 Å². The number of carbonyl (C=O) groups excluding carboxylic acids is 8. The molecule has 4 aliphatic carbocycles. The lowest BCUT2D eigenvalue weighted by Gasteiger charge is -2.15. The number of anilines is 12. The van der Waals surface area contributed by atoms with Crippen LogP contribution >= 0.6 is 0 Å². The third-order valence-corrected chi connectivity index (χ3v) is 19.2. The molecule has 0 aliphatic heterocycles. The molecule has 12 aromatic rings. The van der Waals surface area contributed by atoms with Crippen molar-refractivity contribution in [3.63, 3.8) is 0 Å². The lowest BCUT2D eigenvalue weighted by molar-refractivity contribution is -0.118. The van der Waals surface area contributed by atoms with E-state index in [9.17, 15) is 38.4 Å². The third kappa shape index (κ3) is 20.1. The van der Waals surface area contributed by atoms with Crippen LogP contribution in [0.2, 0.25) is 0 Å². The largest absolute Gasteiger partial charge is 0.354 e. The zero-order chi connectivity index (χ0) is 95.0. The molecule has 120 heavy (non-hydrogen) atoms. The predicted octanol–water partition coefficient (Wildman–Crippen LogP) is 8.43. The number of hydrogen-bond acceptors (Lipinski definition) is 28. The van der Waals surface area contributed by atoms with Crippen LogP contribution in [0, 0.1) is 58.3 Å². The molecular formula is C80H88N32O8. The van der Waals surface area contributed by atoms with Gasteiger partial charge in [-0.15, -0.1) is 45.9 Å². The van der Waals surface area contributed by atoms with E-state index in [1.165, 1.54) is 30.6 Å². The lowest BCUT2D eigenvalue weighted by atomic mass is 10.0. The Morgan fingerprint density at radius 1 is 0.408 bits per heavy atom. The van der Waals surface area contributed by atoms with E-state index in [0.717, 1.165) is 95.9 Å². The number of nitrogens with zero attached hydrogens (tertiary/aromatic N) is 19. The van der Waals surface area contributed by atoms with Gasteiger partial charge in [-0.2, -0.15) is 15.3 Å². The Hall–Kier alpha value is -15.3. The molecule has 0 saturated heterocycles. The quantitative estimate of drug-likeness (QED) is 0.0270. The van der Waals surface area contributed by atoms with E-state index in [0.29, 0.717) is 51.7 Å². The van der Waals surface area contributed by atoms with Gasteiger partial charge in [0.05, 0.1) is 28.9 Å². The van der Waals surface area contributed by atoms with Crippen LogP contribution in [-0.2, 0) is 40.3 Å². The number of carbonyl (C=O) groups is 8. The summed E-state index contributed by atoms with van der Waals surface area (Å²) in [5.41, 5.74) is 9.43. The van der Waals surface area contributed by atoms with Gasteiger partial charge >= 0.3 is 0 Å². The van der Waals surface area contributed by atoms with E-state index >= 15 is 0 Å². The van der Waals surface area contributed by atoms with Crippen LogP contribution in [-0.4, -0.2) is 176 Å². The Morgan fingerprint density at radius 2 is 0.758 bits per heavy atom. The fourth-order valence-electron chi connectivity index (χ4n) is 12.0. The average Bonchev–Trinajstić information content (AvgIpc) is 1.28. The van der Waals surface area contributed by atoms with Gasteiger partial charge < -0.3 is 63.8 Å². The molecule has 8 amide bonds. The number of benzene rings is 4. The summed E-state index contributed by atoms with van der Waals surface area (Å²) in [7, 11) is 5.31. The minimum Gasteiger partial charge on any atom is -0.354 e. The van der Waals surface area contributed by atoms with Crippen molar-refractivity contribution in [1.29, 1.82) is 0 Å². The van der Waals surface area contributed by atoms with Gasteiger partial charge in [0.1, 0.15) is 24.2 Å². The van der Waals surface area contributed by atoms with Crippen LogP contribution in [0.25, 0.3) is 45.4 Å². The highest BCUT2D eigenvalue weighted by molar-refractivity contribution is 6.04. The summed E-state index contributed by atoms with van der Waals surface area (Å²) in [6, 6.07) is 27.7. The summed E-state index contributed by atoms with van der Waals surface area (Å²) >= 11 is 0.